The Morgan fingerprint density at radius 3 is 2.22 bits per heavy atom. The standard InChI is InChI=1S/C19H28N2O2/c1-4-11-20-18(22)15-6-8-16(9-7-15)19(23)21-17-10-5-13(2)12-14(17)3/h5,10,12,15-16H,4,6-9,11H2,1-3H3,(H,20,22)(H,21,23). The Labute approximate surface area is 139 Å². The maximum atomic E-state index is 12.4. The van der Waals surface area contributed by atoms with E-state index in [1.807, 2.05) is 26.0 Å². The second-order valence-corrected chi connectivity index (χ2v) is 6.65. The van der Waals surface area contributed by atoms with Crippen LogP contribution in [-0.4, -0.2) is 18.4 Å². The molecule has 2 amide bonds. The van der Waals surface area contributed by atoms with Crippen molar-refractivity contribution in [1.82, 2.24) is 5.32 Å². The highest BCUT2D eigenvalue weighted by atomic mass is 16.2. The Bertz CT molecular complexity index is 560. The highest BCUT2D eigenvalue weighted by molar-refractivity contribution is 5.93. The second-order valence-electron chi connectivity index (χ2n) is 6.65. The minimum atomic E-state index is 0.0194. The van der Waals surface area contributed by atoms with Crippen molar-refractivity contribution in [2.45, 2.75) is 52.9 Å². The number of hydrogen-bond donors (Lipinski definition) is 2. The van der Waals surface area contributed by atoms with Crippen LogP contribution in [0, 0.1) is 25.7 Å². The van der Waals surface area contributed by atoms with Crippen LogP contribution in [0.4, 0.5) is 5.69 Å². The molecule has 1 aromatic carbocycles. The summed E-state index contributed by atoms with van der Waals surface area (Å²) in [5.74, 6) is 0.335. The third kappa shape index (κ3) is 4.81. The average Bonchev–Trinajstić information content (AvgIpc) is 2.55. The van der Waals surface area contributed by atoms with Crippen molar-refractivity contribution in [2.24, 2.45) is 11.8 Å². The van der Waals surface area contributed by atoms with Crippen LogP contribution in [0.15, 0.2) is 18.2 Å². The molecule has 2 rings (SSSR count). The normalized spacial score (nSPS) is 20.8. The van der Waals surface area contributed by atoms with Crippen LogP contribution in [0.25, 0.3) is 0 Å². The van der Waals surface area contributed by atoms with E-state index in [0.717, 1.165) is 49.9 Å². The van der Waals surface area contributed by atoms with Crippen LogP contribution in [-0.2, 0) is 9.59 Å². The number of aryl methyl sites for hydroxylation is 2. The Hall–Kier alpha value is -1.84. The van der Waals surface area contributed by atoms with Gasteiger partial charge in [-0.25, -0.2) is 0 Å². The third-order valence-electron chi connectivity index (χ3n) is 4.66. The summed E-state index contributed by atoms with van der Waals surface area (Å²) in [4.78, 5) is 24.4. The van der Waals surface area contributed by atoms with E-state index in [2.05, 4.69) is 23.6 Å². The summed E-state index contributed by atoms with van der Waals surface area (Å²) in [7, 11) is 0. The molecule has 0 aliphatic heterocycles. The zero-order valence-corrected chi connectivity index (χ0v) is 14.4. The molecule has 1 aliphatic carbocycles. The molecule has 4 nitrogen and oxygen atoms in total. The molecule has 126 valence electrons. The molecule has 1 saturated carbocycles. The van der Waals surface area contributed by atoms with Gasteiger partial charge in [-0.2, -0.15) is 0 Å². The summed E-state index contributed by atoms with van der Waals surface area (Å²) in [6.45, 7) is 6.85. The lowest BCUT2D eigenvalue weighted by atomic mass is 9.81. The lowest BCUT2D eigenvalue weighted by Crippen LogP contribution is -2.35. The minimum absolute atomic E-state index is 0.0194. The Morgan fingerprint density at radius 2 is 1.65 bits per heavy atom. The van der Waals surface area contributed by atoms with E-state index in [9.17, 15) is 9.59 Å². The smallest absolute Gasteiger partial charge is 0.227 e. The van der Waals surface area contributed by atoms with Crippen molar-refractivity contribution >= 4 is 17.5 Å². The fourth-order valence-electron chi connectivity index (χ4n) is 3.20. The van der Waals surface area contributed by atoms with E-state index >= 15 is 0 Å². The summed E-state index contributed by atoms with van der Waals surface area (Å²) in [6, 6.07) is 6.05. The first-order valence-corrected chi connectivity index (χ1v) is 8.67. The number of carbonyl (C=O) groups excluding carboxylic acids is 2. The number of rotatable bonds is 5. The maximum Gasteiger partial charge on any atom is 0.227 e. The molecule has 0 spiro atoms. The summed E-state index contributed by atoms with van der Waals surface area (Å²) in [6.07, 6.45) is 4.16. The fraction of sp³-hybridized carbons (Fsp3) is 0.579. The zero-order valence-electron chi connectivity index (χ0n) is 14.4. The molecule has 0 saturated heterocycles. The lowest BCUT2D eigenvalue weighted by molar-refractivity contribution is -0.128. The molecule has 1 aromatic rings. The quantitative estimate of drug-likeness (QED) is 0.872. The van der Waals surface area contributed by atoms with E-state index in [1.165, 1.54) is 5.56 Å². The fourth-order valence-corrected chi connectivity index (χ4v) is 3.20. The SMILES string of the molecule is CCCNC(=O)C1CCC(C(=O)Nc2ccc(C)cc2C)CC1. The van der Waals surface area contributed by atoms with Gasteiger partial charge in [-0.15, -0.1) is 0 Å². The first-order chi connectivity index (χ1) is 11.0. The number of amides is 2. The van der Waals surface area contributed by atoms with Gasteiger partial charge in [0, 0.05) is 24.1 Å². The lowest BCUT2D eigenvalue weighted by Gasteiger charge is -2.27. The van der Waals surface area contributed by atoms with E-state index in [-0.39, 0.29) is 23.7 Å². The molecule has 0 atom stereocenters. The predicted octanol–water partition coefficient (Wildman–Crippen LogP) is 3.57. The van der Waals surface area contributed by atoms with Crippen LogP contribution in [0.1, 0.15) is 50.2 Å². The van der Waals surface area contributed by atoms with Crippen molar-refractivity contribution < 1.29 is 9.59 Å². The third-order valence-corrected chi connectivity index (χ3v) is 4.66. The molecular weight excluding hydrogens is 288 g/mol. The Balaban J connectivity index is 1.85. The molecule has 0 aromatic heterocycles. The summed E-state index contributed by atoms with van der Waals surface area (Å²) in [5.41, 5.74) is 3.17. The first-order valence-electron chi connectivity index (χ1n) is 8.67. The summed E-state index contributed by atoms with van der Waals surface area (Å²) < 4.78 is 0. The predicted molar refractivity (Wildman–Crippen MR) is 93.3 cm³/mol. The molecular formula is C19H28N2O2. The molecule has 0 heterocycles. The number of anilines is 1. The Morgan fingerprint density at radius 1 is 1.04 bits per heavy atom. The average molecular weight is 316 g/mol. The van der Waals surface area contributed by atoms with Crippen molar-refractivity contribution in [3.63, 3.8) is 0 Å². The molecule has 23 heavy (non-hydrogen) atoms. The zero-order chi connectivity index (χ0) is 16.8. The van der Waals surface area contributed by atoms with Gasteiger partial charge in [0.25, 0.3) is 0 Å². The molecule has 0 bridgehead atoms. The van der Waals surface area contributed by atoms with Gasteiger partial charge in [0.15, 0.2) is 0 Å². The van der Waals surface area contributed by atoms with Gasteiger partial charge in [-0.05, 0) is 57.6 Å². The minimum Gasteiger partial charge on any atom is -0.356 e. The number of nitrogens with one attached hydrogen (secondary N) is 2. The van der Waals surface area contributed by atoms with E-state index < -0.39 is 0 Å². The van der Waals surface area contributed by atoms with E-state index in [4.69, 9.17) is 0 Å². The highest BCUT2D eigenvalue weighted by Gasteiger charge is 2.29. The number of benzene rings is 1. The topological polar surface area (TPSA) is 58.2 Å². The van der Waals surface area contributed by atoms with Crippen LogP contribution in [0.5, 0.6) is 0 Å². The molecule has 0 unspecified atom stereocenters. The molecule has 1 aliphatic rings. The Kier molecular flexibility index (Phi) is 6.20. The van der Waals surface area contributed by atoms with E-state index in [0.29, 0.717) is 0 Å². The first kappa shape index (κ1) is 17.5. The largest absolute Gasteiger partial charge is 0.356 e. The summed E-state index contributed by atoms with van der Waals surface area (Å²) in [5, 5.41) is 6.01. The van der Waals surface area contributed by atoms with Crippen molar-refractivity contribution in [1.29, 1.82) is 0 Å². The highest BCUT2D eigenvalue weighted by Crippen LogP contribution is 2.30. The van der Waals surface area contributed by atoms with Crippen LogP contribution < -0.4 is 10.6 Å². The van der Waals surface area contributed by atoms with Gasteiger partial charge >= 0.3 is 0 Å². The van der Waals surface area contributed by atoms with E-state index in [1.54, 1.807) is 0 Å². The number of hydrogen-bond acceptors (Lipinski definition) is 2. The number of carbonyl (C=O) groups is 2. The van der Waals surface area contributed by atoms with Crippen LogP contribution in [0.2, 0.25) is 0 Å². The monoisotopic (exact) mass is 316 g/mol. The molecule has 0 radical (unpaired) electrons. The van der Waals surface area contributed by atoms with Gasteiger partial charge in [0.2, 0.25) is 11.8 Å². The molecule has 2 N–H and O–H groups in total. The van der Waals surface area contributed by atoms with Crippen LogP contribution in [0.3, 0.4) is 0 Å². The maximum absolute atomic E-state index is 12.4. The van der Waals surface area contributed by atoms with Gasteiger partial charge in [0.05, 0.1) is 0 Å². The molecule has 4 heteroatoms. The van der Waals surface area contributed by atoms with Crippen molar-refractivity contribution in [3.05, 3.63) is 29.3 Å². The van der Waals surface area contributed by atoms with Gasteiger partial charge < -0.3 is 10.6 Å². The van der Waals surface area contributed by atoms with Crippen molar-refractivity contribution in [2.75, 3.05) is 11.9 Å². The summed E-state index contributed by atoms with van der Waals surface area (Å²) >= 11 is 0. The van der Waals surface area contributed by atoms with Gasteiger partial charge in [-0.1, -0.05) is 24.6 Å². The van der Waals surface area contributed by atoms with Gasteiger partial charge in [0.1, 0.15) is 0 Å². The van der Waals surface area contributed by atoms with Crippen molar-refractivity contribution in [3.8, 4) is 0 Å². The van der Waals surface area contributed by atoms with Crippen LogP contribution >= 0.6 is 0 Å². The second kappa shape index (κ2) is 8.14. The molecule has 1 fully saturated rings. The van der Waals surface area contributed by atoms with Gasteiger partial charge in [-0.3, -0.25) is 9.59 Å².